The van der Waals surface area contributed by atoms with E-state index in [2.05, 4.69) is 24.0 Å². The number of likely N-dealkylation sites (tertiary alicyclic amines) is 1. The highest BCUT2D eigenvalue weighted by molar-refractivity contribution is 7.93. The van der Waals surface area contributed by atoms with Crippen molar-refractivity contribution in [1.82, 2.24) is 9.21 Å². The largest absolute Gasteiger partial charge is 0.300 e. The second kappa shape index (κ2) is 10.3. The zero-order chi connectivity index (χ0) is 21.7. The van der Waals surface area contributed by atoms with Crippen molar-refractivity contribution in [3.63, 3.8) is 0 Å². The first-order chi connectivity index (χ1) is 14.3. The van der Waals surface area contributed by atoms with Gasteiger partial charge < -0.3 is 4.90 Å². The van der Waals surface area contributed by atoms with Crippen LogP contribution in [0.1, 0.15) is 65.7 Å². The molecule has 5 nitrogen and oxygen atoms in total. The van der Waals surface area contributed by atoms with Gasteiger partial charge in [-0.05, 0) is 82.9 Å². The molecule has 0 spiro atoms. The third-order valence-corrected chi connectivity index (χ3v) is 9.02. The molecular formula is C24H37N3O2S. The van der Waals surface area contributed by atoms with Crippen LogP contribution in [0.2, 0.25) is 0 Å². The highest BCUT2D eigenvalue weighted by Crippen LogP contribution is 2.31. The second-order valence-electron chi connectivity index (χ2n) is 9.33. The minimum atomic E-state index is -3.44. The third kappa shape index (κ3) is 5.63. The van der Waals surface area contributed by atoms with Crippen molar-refractivity contribution >= 4 is 10.0 Å². The van der Waals surface area contributed by atoms with E-state index in [1.807, 2.05) is 26.0 Å². The van der Waals surface area contributed by atoms with Crippen molar-refractivity contribution in [2.75, 3.05) is 26.2 Å². The van der Waals surface area contributed by atoms with E-state index in [4.69, 9.17) is 5.26 Å². The lowest BCUT2D eigenvalue weighted by atomic mass is 9.90. The quantitative estimate of drug-likeness (QED) is 0.637. The molecule has 30 heavy (non-hydrogen) atoms. The van der Waals surface area contributed by atoms with Gasteiger partial charge in [0.25, 0.3) is 0 Å². The van der Waals surface area contributed by atoms with Crippen molar-refractivity contribution in [2.45, 2.75) is 71.8 Å². The zero-order valence-electron chi connectivity index (χ0n) is 18.8. The monoisotopic (exact) mass is 431 g/mol. The molecule has 0 amide bonds. The number of hydrogen-bond donors (Lipinski definition) is 0. The maximum Gasteiger partial charge on any atom is 0.243 e. The maximum atomic E-state index is 13.4. The van der Waals surface area contributed by atoms with Crippen LogP contribution in [0.15, 0.2) is 34.3 Å². The number of hydrogen-bond acceptors (Lipinski definition) is 4. The molecule has 2 aliphatic heterocycles. The number of allylic oxidation sites excluding steroid dienone is 5. The van der Waals surface area contributed by atoms with Gasteiger partial charge in [0.15, 0.2) is 0 Å². The fraction of sp³-hybridized carbons (Fsp3) is 0.708. The first-order valence-electron chi connectivity index (χ1n) is 11.5. The van der Waals surface area contributed by atoms with E-state index in [1.54, 1.807) is 4.31 Å². The van der Waals surface area contributed by atoms with E-state index in [1.165, 1.54) is 12.8 Å². The van der Waals surface area contributed by atoms with Crippen LogP contribution in [0.3, 0.4) is 0 Å². The Hall–Kier alpha value is -1.42. The summed E-state index contributed by atoms with van der Waals surface area (Å²) in [5, 5.41) is 8.78. The number of rotatable bonds is 5. The molecule has 6 heteroatoms. The SMILES string of the molecule is CC1=CC(C)C/C=C(\S(=O)(=O)N2CCC(N3CCC(CCC#N)CC3)CC2)C(C)=C1. The van der Waals surface area contributed by atoms with Crippen LogP contribution in [0.4, 0.5) is 0 Å². The Bertz CT molecular complexity index is 834. The van der Waals surface area contributed by atoms with Gasteiger partial charge in [0.1, 0.15) is 0 Å². The van der Waals surface area contributed by atoms with Gasteiger partial charge >= 0.3 is 0 Å². The van der Waals surface area contributed by atoms with Crippen molar-refractivity contribution in [3.05, 3.63) is 34.3 Å². The molecule has 1 unspecified atom stereocenters. The zero-order valence-corrected chi connectivity index (χ0v) is 19.6. The molecule has 3 aliphatic rings. The summed E-state index contributed by atoms with van der Waals surface area (Å²) >= 11 is 0. The Kier molecular flexibility index (Phi) is 7.95. The summed E-state index contributed by atoms with van der Waals surface area (Å²) in [5.41, 5.74) is 1.98. The van der Waals surface area contributed by atoms with Crippen LogP contribution < -0.4 is 0 Å². The van der Waals surface area contributed by atoms with Crippen molar-refractivity contribution in [2.24, 2.45) is 11.8 Å². The van der Waals surface area contributed by atoms with Gasteiger partial charge in [-0.3, -0.25) is 0 Å². The van der Waals surface area contributed by atoms with Crippen molar-refractivity contribution < 1.29 is 8.42 Å². The van der Waals surface area contributed by atoms with Gasteiger partial charge in [0, 0.05) is 25.6 Å². The van der Waals surface area contributed by atoms with E-state index in [9.17, 15) is 8.42 Å². The highest BCUT2D eigenvalue weighted by Gasteiger charge is 2.34. The molecule has 3 rings (SSSR count). The molecule has 0 saturated carbocycles. The molecule has 166 valence electrons. The average Bonchev–Trinajstić information content (AvgIpc) is 2.71. The molecule has 1 aliphatic carbocycles. The molecule has 2 fully saturated rings. The van der Waals surface area contributed by atoms with E-state index in [-0.39, 0.29) is 0 Å². The van der Waals surface area contributed by atoms with Gasteiger partial charge in [-0.2, -0.15) is 9.57 Å². The molecule has 0 aromatic rings. The van der Waals surface area contributed by atoms with Crippen LogP contribution in [-0.2, 0) is 10.0 Å². The normalized spacial score (nSPS) is 27.9. The Morgan fingerprint density at radius 1 is 1.10 bits per heavy atom. The van der Waals surface area contributed by atoms with Crippen molar-refractivity contribution in [3.8, 4) is 6.07 Å². The fourth-order valence-electron chi connectivity index (χ4n) is 5.20. The lowest BCUT2D eigenvalue weighted by molar-refractivity contribution is 0.0955. The fourth-order valence-corrected chi connectivity index (χ4v) is 6.94. The number of piperidine rings is 2. The second-order valence-corrected chi connectivity index (χ2v) is 11.2. The molecular weight excluding hydrogens is 394 g/mol. The Balaban J connectivity index is 1.59. The Morgan fingerprint density at radius 3 is 2.40 bits per heavy atom. The first-order valence-corrected chi connectivity index (χ1v) is 12.9. The summed E-state index contributed by atoms with van der Waals surface area (Å²) in [6.07, 6.45) is 12.7. The standard InChI is InChI=1S/C24H37N3O2S/c1-19-6-7-24(21(3)18-20(2)17-19)30(28,29)27-15-10-23(11-16-27)26-13-8-22(9-14-26)5-4-12-25/h7,17-19,22-23H,4-6,8-11,13-16H2,1-3H3/b20-17?,21-18?,24-7-. The van der Waals surface area contributed by atoms with Crippen molar-refractivity contribution in [1.29, 1.82) is 5.26 Å². The molecule has 0 bridgehead atoms. The lowest BCUT2D eigenvalue weighted by Gasteiger charge is -2.41. The van der Waals surface area contributed by atoms with E-state index in [0.29, 0.717) is 42.3 Å². The maximum absolute atomic E-state index is 13.4. The summed E-state index contributed by atoms with van der Waals surface area (Å²) in [5.74, 6) is 1.03. The minimum Gasteiger partial charge on any atom is -0.300 e. The molecule has 0 radical (unpaired) electrons. The van der Waals surface area contributed by atoms with Crippen LogP contribution in [-0.4, -0.2) is 49.8 Å². The predicted molar refractivity (Wildman–Crippen MR) is 122 cm³/mol. The van der Waals surface area contributed by atoms with Gasteiger partial charge in [-0.25, -0.2) is 8.42 Å². The number of sulfonamides is 1. The summed E-state index contributed by atoms with van der Waals surface area (Å²) in [6.45, 7) is 9.49. The Morgan fingerprint density at radius 2 is 1.77 bits per heavy atom. The summed E-state index contributed by atoms with van der Waals surface area (Å²) in [4.78, 5) is 3.06. The average molecular weight is 432 g/mol. The Labute approximate surface area is 183 Å². The van der Waals surface area contributed by atoms with Gasteiger partial charge in [0.05, 0.1) is 11.0 Å². The predicted octanol–water partition coefficient (Wildman–Crippen LogP) is 4.61. The third-order valence-electron chi connectivity index (χ3n) is 6.93. The summed E-state index contributed by atoms with van der Waals surface area (Å²) < 4.78 is 28.5. The lowest BCUT2D eigenvalue weighted by Crippen LogP contribution is -2.49. The number of nitrogens with zero attached hydrogens (tertiary/aromatic N) is 3. The van der Waals surface area contributed by atoms with Gasteiger partial charge in [-0.1, -0.05) is 30.7 Å². The topological polar surface area (TPSA) is 64.4 Å². The van der Waals surface area contributed by atoms with Gasteiger partial charge in [-0.15, -0.1) is 0 Å². The van der Waals surface area contributed by atoms with E-state index in [0.717, 1.165) is 49.9 Å². The molecule has 0 aromatic heterocycles. The van der Waals surface area contributed by atoms with Gasteiger partial charge in [0.2, 0.25) is 10.0 Å². The molecule has 0 aromatic carbocycles. The summed E-state index contributed by atoms with van der Waals surface area (Å²) in [7, 11) is -3.44. The van der Waals surface area contributed by atoms with Crippen LogP contribution in [0.25, 0.3) is 0 Å². The molecule has 2 saturated heterocycles. The summed E-state index contributed by atoms with van der Waals surface area (Å²) in [6, 6.07) is 2.75. The highest BCUT2D eigenvalue weighted by atomic mass is 32.2. The van der Waals surface area contributed by atoms with Crippen LogP contribution in [0, 0.1) is 23.2 Å². The molecule has 1 atom stereocenters. The number of nitriles is 1. The molecule has 0 N–H and O–H groups in total. The van der Waals surface area contributed by atoms with E-state index >= 15 is 0 Å². The van der Waals surface area contributed by atoms with E-state index < -0.39 is 10.0 Å². The van der Waals surface area contributed by atoms with Crippen LogP contribution in [0.5, 0.6) is 0 Å². The minimum absolute atomic E-state index is 0.348. The first kappa shape index (κ1) is 23.2. The van der Waals surface area contributed by atoms with Crippen LogP contribution >= 0.6 is 0 Å². The smallest absolute Gasteiger partial charge is 0.243 e. The molecule has 2 heterocycles.